The van der Waals surface area contributed by atoms with Gasteiger partial charge in [-0.3, -0.25) is 23.2 Å². The van der Waals surface area contributed by atoms with E-state index in [1.54, 1.807) is 0 Å². The first-order valence-electron chi connectivity index (χ1n) is 7.31. The van der Waals surface area contributed by atoms with E-state index in [2.05, 4.69) is 23.8 Å². The minimum atomic E-state index is -5.88. The number of anilines is 1. The van der Waals surface area contributed by atoms with Crippen LogP contribution in [0, 0.1) is 0 Å². The fourth-order valence-corrected chi connectivity index (χ4v) is 4.03. The van der Waals surface area contributed by atoms with Crippen molar-refractivity contribution in [2.45, 2.75) is 24.5 Å². The maximum absolute atomic E-state index is 11.8. The molecule has 1 saturated heterocycles. The molecule has 1 aliphatic rings. The zero-order valence-corrected chi connectivity index (χ0v) is 24.3. The van der Waals surface area contributed by atoms with Gasteiger partial charge in [-0.1, -0.05) is 0 Å². The molecule has 0 amide bonds. The van der Waals surface area contributed by atoms with Crippen LogP contribution in [-0.2, 0) is 22.7 Å². The average molecular weight is 509 g/mol. The van der Waals surface area contributed by atoms with Gasteiger partial charge in [-0.2, -0.15) is 4.98 Å². The summed E-state index contributed by atoms with van der Waals surface area (Å²) in [5, 5.41) is 20.2. The first kappa shape index (κ1) is 32.3. The van der Waals surface area contributed by atoms with E-state index in [0.717, 1.165) is 10.9 Å². The predicted octanol–water partition coefficient (Wildman–Crippen LogP) is -13.3. The van der Waals surface area contributed by atoms with Crippen LogP contribution in [0.1, 0.15) is 6.23 Å². The zero-order chi connectivity index (χ0) is 20.9. The van der Waals surface area contributed by atoms with E-state index in [4.69, 9.17) is 10.5 Å². The quantitative estimate of drug-likeness (QED) is 0.208. The summed E-state index contributed by atoms with van der Waals surface area (Å²) in [5.41, 5.74) is 4.56. The van der Waals surface area contributed by atoms with Crippen LogP contribution in [-0.4, -0.2) is 54.7 Å². The number of fused-ring (bicyclic) bond motifs is 1. The number of H-pyrrole nitrogens is 1. The summed E-state index contributed by atoms with van der Waals surface area (Å²) in [7, 11) is -11.4. The van der Waals surface area contributed by atoms with E-state index in [1.165, 1.54) is 0 Å². The molecule has 2 aromatic rings. The van der Waals surface area contributed by atoms with Gasteiger partial charge in [0, 0.05) is 0 Å². The SMILES string of the molecule is Nc1nc2c(ncn2C2OC(COP(=O)([O-])OP(=O)([O-])[O-])C(O)C2O)c(=O)[nH]1.[Na+].[Na+].[Na+]. The van der Waals surface area contributed by atoms with Gasteiger partial charge in [0.25, 0.3) is 13.4 Å². The number of ether oxygens (including phenoxy) is 1. The Labute approximate surface area is 239 Å². The number of phosphoric ester groups is 1. The Balaban J connectivity index is 0.00000300. The van der Waals surface area contributed by atoms with E-state index in [0.29, 0.717) is 0 Å². The molecule has 156 valence electrons. The Kier molecular flexibility index (Phi) is 12.8. The van der Waals surface area contributed by atoms with E-state index < -0.39 is 52.4 Å². The Morgan fingerprint density at radius 1 is 1.23 bits per heavy atom. The van der Waals surface area contributed by atoms with E-state index in [9.17, 15) is 38.8 Å². The van der Waals surface area contributed by atoms with Crippen molar-refractivity contribution in [2.24, 2.45) is 0 Å². The van der Waals surface area contributed by atoms with Gasteiger partial charge in [0.2, 0.25) is 5.95 Å². The Morgan fingerprint density at radius 2 is 1.84 bits per heavy atom. The minimum Gasteiger partial charge on any atom is -0.790 e. The monoisotopic (exact) mass is 509 g/mol. The molecule has 31 heavy (non-hydrogen) atoms. The maximum atomic E-state index is 11.8. The molecule has 5 unspecified atom stereocenters. The fourth-order valence-electron chi connectivity index (χ4n) is 2.54. The molecular formula is C10H12N5Na3O11P2. The number of phosphoric acid groups is 2. The first-order chi connectivity index (χ1) is 12.9. The summed E-state index contributed by atoms with van der Waals surface area (Å²) in [5.74, 6) is -0.253. The normalized spacial score (nSPS) is 25.2. The van der Waals surface area contributed by atoms with Gasteiger partial charge in [0.1, 0.15) is 18.3 Å². The summed E-state index contributed by atoms with van der Waals surface area (Å²) in [6.07, 6.45) is -5.14. The number of rotatable bonds is 6. The van der Waals surface area contributed by atoms with E-state index in [-0.39, 0.29) is 106 Å². The molecule has 1 aliphatic heterocycles. The van der Waals surface area contributed by atoms with Crippen molar-refractivity contribution in [3.63, 3.8) is 0 Å². The van der Waals surface area contributed by atoms with Crippen molar-refractivity contribution in [1.82, 2.24) is 19.5 Å². The maximum Gasteiger partial charge on any atom is 1.00 e. The van der Waals surface area contributed by atoms with E-state index in [1.807, 2.05) is 0 Å². The standard InChI is InChI=1S/C10H15N5O11P2.3Na/c11-10-13-7-4(8(18)14-10)12-2-15(7)9-6(17)5(16)3(25-9)1-24-28(22,23)26-27(19,20)21;;;/h2-3,5-6,9,16-17H,1H2,(H,22,23)(H2,19,20,21)(H3,11,13,14,18);;;/q;3*+1/p-3. The molecule has 16 nitrogen and oxygen atoms in total. The number of hydrogen-bond acceptors (Lipinski definition) is 14. The average Bonchev–Trinajstić information content (AvgIpc) is 3.06. The molecule has 21 heteroatoms. The molecule has 0 bridgehead atoms. The molecule has 0 saturated carbocycles. The molecule has 0 aromatic carbocycles. The second-order valence-corrected chi connectivity index (χ2v) is 8.29. The second kappa shape index (κ2) is 12.3. The largest absolute Gasteiger partial charge is 1.00 e. The molecular weight excluding hydrogens is 497 g/mol. The molecule has 2 aromatic heterocycles. The number of nitrogens with two attached hydrogens (primary N) is 1. The summed E-state index contributed by atoms with van der Waals surface area (Å²) < 4.78 is 35.5. The van der Waals surface area contributed by atoms with Crippen molar-refractivity contribution in [2.75, 3.05) is 12.3 Å². The summed E-state index contributed by atoms with van der Waals surface area (Å²) >= 11 is 0. The van der Waals surface area contributed by atoms with Crippen LogP contribution >= 0.6 is 15.6 Å². The van der Waals surface area contributed by atoms with Gasteiger partial charge in [-0.15, -0.1) is 0 Å². The Morgan fingerprint density at radius 3 is 2.42 bits per heavy atom. The Bertz CT molecular complexity index is 1050. The van der Waals surface area contributed by atoms with Crippen molar-refractivity contribution in [3.8, 4) is 0 Å². The number of hydrogen-bond donors (Lipinski definition) is 4. The third-order valence-electron chi connectivity index (χ3n) is 3.66. The van der Waals surface area contributed by atoms with Gasteiger partial charge in [-0.05, 0) is 0 Å². The van der Waals surface area contributed by atoms with Crippen molar-refractivity contribution >= 4 is 32.8 Å². The number of nitrogens with zero attached hydrogens (tertiary/aromatic N) is 3. The topological polar surface area (TPSA) is 261 Å². The van der Waals surface area contributed by atoms with Gasteiger partial charge >= 0.3 is 88.7 Å². The number of nitrogens with one attached hydrogen (secondary N) is 1. The van der Waals surface area contributed by atoms with Crippen molar-refractivity contribution < 1.29 is 136 Å². The van der Waals surface area contributed by atoms with Gasteiger partial charge in [-0.25, -0.2) is 4.98 Å². The van der Waals surface area contributed by atoms with Crippen LogP contribution < -0.4 is 115 Å². The predicted molar refractivity (Wildman–Crippen MR) is 80.7 cm³/mol. The Hall–Kier alpha value is 1.29. The molecule has 5 N–H and O–H groups in total. The molecule has 0 spiro atoms. The zero-order valence-electron chi connectivity index (χ0n) is 16.5. The molecule has 0 aliphatic carbocycles. The number of nitrogen functional groups attached to an aromatic ring is 1. The number of aliphatic hydroxyl groups excluding tert-OH is 2. The first-order valence-corrected chi connectivity index (χ1v) is 10.2. The van der Waals surface area contributed by atoms with Gasteiger partial charge in [0.15, 0.2) is 17.4 Å². The molecule has 1 fully saturated rings. The van der Waals surface area contributed by atoms with Crippen LogP contribution in [0.15, 0.2) is 11.1 Å². The number of aromatic nitrogens is 4. The van der Waals surface area contributed by atoms with Crippen LogP contribution in [0.4, 0.5) is 5.95 Å². The number of aliphatic hydroxyl groups is 2. The smallest absolute Gasteiger partial charge is 0.790 e. The third-order valence-corrected chi connectivity index (χ3v) is 5.72. The summed E-state index contributed by atoms with van der Waals surface area (Å²) in [6.45, 7) is -0.988. The minimum absolute atomic E-state index is 0. The van der Waals surface area contributed by atoms with Crippen LogP contribution in [0.2, 0.25) is 0 Å². The molecule has 0 radical (unpaired) electrons. The summed E-state index contributed by atoms with van der Waals surface area (Å²) in [6, 6.07) is 0. The third kappa shape index (κ3) is 7.90. The summed E-state index contributed by atoms with van der Waals surface area (Å²) in [4.78, 5) is 53.7. The number of imidazole rings is 1. The molecule has 5 atom stereocenters. The fraction of sp³-hybridized carbons (Fsp3) is 0.500. The van der Waals surface area contributed by atoms with Crippen molar-refractivity contribution in [1.29, 1.82) is 0 Å². The van der Waals surface area contributed by atoms with Crippen LogP contribution in [0.5, 0.6) is 0 Å². The van der Waals surface area contributed by atoms with Gasteiger partial charge in [0.05, 0.1) is 20.8 Å². The molecule has 3 heterocycles. The van der Waals surface area contributed by atoms with Crippen LogP contribution in [0.25, 0.3) is 11.2 Å². The van der Waals surface area contributed by atoms with Crippen LogP contribution in [0.3, 0.4) is 0 Å². The second-order valence-electron chi connectivity index (χ2n) is 5.59. The van der Waals surface area contributed by atoms with E-state index >= 15 is 0 Å². The van der Waals surface area contributed by atoms with Gasteiger partial charge < -0.3 is 44.5 Å². The molecule has 3 rings (SSSR count). The number of aromatic amines is 1. The van der Waals surface area contributed by atoms with Crippen molar-refractivity contribution in [3.05, 3.63) is 16.7 Å².